The van der Waals surface area contributed by atoms with Crippen LogP contribution < -0.4 is 0 Å². The molecule has 0 saturated carbocycles. The van der Waals surface area contributed by atoms with Crippen molar-refractivity contribution >= 4 is 14.4 Å². The van der Waals surface area contributed by atoms with Crippen molar-refractivity contribution in [2.45, 2.75) is 6.42 Å². The molecule has 0 aliphatic carbocycles. The van der Waals surface area contributed by atoms with E-state index in [1.165, 1.54) is 0 Å². The second-order valence-corrected chi connectivity index (χ2v) is 3.25. The summed E-state index contributed by atoms with van der Waals surface area (Å²) >= 11 is 0. The fraction of sp³-hybridized carbons (Fsp3) is 0.857. The van der Waals surface area contributed by atoms with E-state index in [4.69, 9.17) is 5.11 Å². The number of piperidine rings is 1. The van der Waals surface area contributed by atoms with E-state index in [9.17, 15) is 4.79 Å². The SMILES string of the molecule is B.O=C(O)C1CN2CCC1C2. The average molecular weight is 155 g/mol. The number of fused-ring (bicyclic) bond motifs is 2. The highest BCUT2D eigenvalue weighted by Gasteiger charge is 2.41. The molecule has 11 heavy (non-hydrogen) atoms. The van der Waals surface area contributed by atoms with Gasteiger partial charge in [-0.25, -0.2) is 0 Å². The molecule has 62 valence electrons. The molecule has 3 atom stereocenters. The lowest BCUT2D eigenvalue weighted by Gasteiger charge is -2.17. The van der Waals surface area contributed by atoms with Gasteiger partial charge in [0.05, 0.1) is 14.3 Å². The second-order valence-electron chi connectivity index (χ2n) is 3.25. The predicted molar refractivity (Wildman–Crippen MR) is 45.6 cm³/mol. The zero-order valence-corrected chi connectivity index (χ0v) is 5.79. The Labute approximate surface area is 68.0 Å². The van der Waals surface area contributed by atoms with Crippen molar-refractivity contribution in [3.63, 3.8) is 0 Å². The first-order valence-electron chi connectivity index (χ1n) is 3.72. The number of carbonyl (C=O) groups is 1. The van der Waals surface area contributed by atoms with Crippen molar-refractivity contribution in [2.75, 3.05) is 19.6 Å². The molecule has 4 heteroatoms. The molecule has 3 nitrogen and oxygen atoms in total. The molecule has 0 aromatic heterocycles. The third-order valence-corrected chi connectivity index (χ3v) is 2.65. The first kappa shape index (κ1) is 8.59. The van der Waals surface area contributed by atoms with Crippen molar-refractivity contribution in [3.8, 4) is 0 Å². The standard InChI is InChI=1S/C7H11NO2.BH3/c9-7(10)6-4-8-2-1-5(6)3-8;/h5-6H,1-4H2,(H,9,10);1H3. The van der Waals surface area contributed by atoms with Gasteiger partial charge < -0.3 is 10.0 Å². The van der Waals surface area contributed by atoms with E-state index < -0.39 is 5.97 Å². The Hall–Kier alpha value is -0.505. The van der Waals surface area contributed by atoms with Gasteiger partial charge in [0.15, 0.2) is 0 Å². The van der Waals surface area contributed by atoms with Gasteiger partial charge in [0, 0.05) is 13.1 Å². The van der Waals surface area contributed by atoms with Gasteiger partial charge in [0.2, 0.25) is 0 Å². The van der Waals surface area contributed by atoms with Crippen molar-refractivity contribution < 1.29 is 9.90 Å². The Kier molecular flexibility index (Phi) is 2.23. The zero-order valence-electron chi connectivity index (χ0n) is 5.79. The Morgan fingerprint density at radius 1 is 1.45 bits per heavy atom. The van der Waals surface area contributed by atoms with Crippen molar-refractivity contribution in [1.29, 1.82) is 0 Å². The average Bonchev–Trinajstić information content (AvgIpc) is 2.44. The van der Waals surface area contributed by atoms with E-state index in [2.05, 4.69) is 4.90 Å². The van der Waals surface area contributed by atoms with Crippen molar-refractivity contribution in [3.05, 3.63) is 0 Å². The zero-order chi connectivity index (χ0) is 7.14. The summed E-state index contributed by atoms with van der Waals surface area (Å²) in [7, 11) is 0. The van der Waals surface area contributed by atoms with Crippen LogP contribution in [-0.2, 0) is 4.79 Å². The normalized spacial score (nSPS) is 40.2. The van der Waals surface area contributed by atoms with Crippen LogP contribution in [0.4, 0.5) is 0 Å². The van der Waals surface area contributed by atoms with Crippen LogP contribution in [0.25, 0.3) is 0 Å². The fourth-order valence-electron chi connectivity index (χ4n) is 2.06. The Bertz CT molecular complexity index is 174. The highest BCUT2D eigenvalue weighted by atomic mass is 16.4. The summed E-state index contributed by atoms with van der Waals surface area (Å²) in [6, 6.07) is 0. The molecule has 0 amide bonds. The summed E-state index contributed by atoms with van der Waals surface area (Å²) in [5, 5.41) is 8.71. The van der Waals surface area contributed by atoms with Crippen LogP contribution in [0.1, 0.15) is 6.42 Å². The molecule has 0 aromatic rings. The minimum absolute atomic E-state index is 0. The number of hydrogen-bond donors (Lipinski definition) is 1. The van der Waals surface area contributed by atoms with Crippen molar-refractivity contribution in [2.24, 2.45) is 11.8 Å². The number of carboxylic acids is 1. The maximum absolute atomic E-state index is 10.6. The molecule has 2 aliphatic rings. The van der Waals surface area contributed by atoms with Gasteiger partial charge >= 0.3 is 5.97 Å². The molecular weight excluding hydrogens is 141 g/mol. The van der Waals surface area contributed by atoms with Gasteiger partial charge in [-0.2, -0.15) is 0 Å². The van der Waals surface area contributed by atoms with E-state index >= 15 is 0 Å². The molecule has 2 fully saturated rings. The lowest BCUT2D eigenvalue weighted by atomic mass is 9.93. The Morgan fingerprint density at radius 2 is 2.18 bits per heavy atom. The molecule has 0 aromatic carbocycles. The lowest BCUT2D eigenvalue weighted by Crippen LogP contribution is -2.28. The molecule has 3 unspecified atom stereocenters. The summed E-state index contributed by atoms with van der Waals surface area (Å²) < 4.78 is 0. The molecule has 0 spiro atoms. The summed E-state index contributed by atoms with van der Waals surface area (Å²) in [6.07, 6.45) is 1.09. The van der Waals surface area contributed by atoms with Gasteiger partial charge in [-0.3, -0.25) is 4.79 Å². The minimum Gasteiger partial charge on any atom is -0.481 e. The summed E-state index contributed by atoms with van der Waals surface area (Å²) in [4.78, 5) is 12.8. The minimum atomic E-state index is -0.604. The van der Waals surface area contributed by atoms with E-state index in [-0.39, 0.29) is 14.3 Å². The van der Waals surface area contributed by atoms with Gasteiger partial charge in [-0.1, -0.05) is 0 Å². The third kappa shape index (κ3) is 1.27. The molecular formula is C7H14BNO2. The van der Waals surface area contributed by atoms with E-state index in [0.717, 1.165) is 26.1 Å². The fourth-order valence-corrected chi connectivity index (χ4v) is 2.06. The van der Waals surface area contributed by atoms with Crippen molar-refractivity contribution in [1.82, 2.24) is 4.90 Å². The predicted octanol–water partition coefficient (Wildman–Crippen LogP) is -1.16. The van der Waals surface area contributed by atoms with E-state index in [1.807, 2.05) is 0 Å². The Balaban J connectivity index is 0.000000605. The quantitative estimate of drug-likeness (QED) is 0.485. The first-order valence-corrected chi connectivity index (χ1v) is 3.72. The molecule has 2 saturated heterocycles. The van der Waals surface area contributed by atoms with E-state index in [1.54, 1.807) is 0 Å². The molecule has 2 rings (SSSR count). The topological polar surface area (TPSA) is 40.5 Å². The van der Waals surface area contributed by atoms with Crippen LogP contribution in [0, 0.1) is 11.8 Å². The molecule has 2 heterocycles. The van der Waals surface area contributed by atoms with Crippen LogP contribution in [0.5, 0.6) is 0 Å². The molecule has 2 aliphatic heterocycles. The van der Waals surface area contributed by atoms with Crippen LogP contribution >= 0.6 is 0 Å². The van der Waals surface area contributed by atoms with Gasteiger partial charge in [-0.15, -0.1) is 0 Å². The molecule has 2 bridgehead atoms. The Morgan fingerprint density at radius 3 is 2.45 bits per heavy atom. The number of carboxylic acid groups (broad SMARTS) is 1. The highest BCUT2D eigenvalue weighted by Crippen LogP contribution is 2.32. The highest BCUT2D eigenvalue weighted by molar-refractivity contribution is 5.75. The van der Waals surface area contributed by atoms with Gasteiger partial charge in [-0.05, 0) is 18.9 Å². The summed E-state index contributed by atoms with van der Waals surface area (Å²) in [6.45, 7) is 2.94. The van der Waals surface area contributed by atoms with Crippen LogP contribution in [-0.4, -0.2) is 44.0 Å². The molecule has 0 radical (unpaired) electrons. The second kappa shape index (κ2) is 2.85. The maximum Gasteiger partial charge on any atom is 0.308 e. The lowest BCUT2D eigenvalue weighted by molar-refractivity contribution is -0.143. The largest absolute Gasteiger partial charge is 0.481 e. The summed E-state index contributed by atoms with van der Waals surface area (Å²) in [5.74, 6) is -0.210. The van der Waals surface area contributed by atoms with Gasteiger partial charge in [0.1, 0.15) is 0 Å². The van der Waals surface area contributed by atoms with Crippen LogP contribution in [0.2, 0.25) is 0 Å². The van der Waals surface area contributed by atoms with E-state index in [0.29, 0.717) is 5.92 Å². The monoisotopic (exact) mass is 155 g/mol. The number of aliphatic carboxylic acids is 1. The first-order chi connectivity index (χ1) is 4.77. The third-order valence-electron chi connectivity index (χ3n) is 2.65. The summed E-state index contributed by atoms with van der Waals surface area (Å²) in [5.41, 5.74) is 0. The molecule has 1 N–H and O–H groups in total. The van der Waals surface area contributed by atoms with Crippen LogP contribution in [0.3, 0.4) is 0 Å². The maximum atomic E-state index is 10.6. The van der Waals surface area contributed by atoms with Crippen LogP contribution in [0.15, 0.2) is 0 Å². The number of nitrogens with zero attached hydrogens (tertiary/aromatic N) is 1. The smallest absolute Gasteiger partial charge is 0.308 e. The van der Waals surface area contributed by atoms with Gasteiger partial charge in [0.25, 0.3) is 0 Å². The number of hydrogen-bond acceptors (Lipinski definition) is 2. The number of rotatable bonds is 1.